The summed E-state index contributed by atoms with van der Waals surface area (Å²) in [7, 11) is 0. The number of carbonyl (C=O) groups is 3. The fraction of sp³-hybridized carbons (Fsp3) is 0.333. The number of anilines is 2. The van der Waals surface area contributed by atoms with Gasteiger partial charge < -0.3 is 19.9 Å². The highest BCUT2D eigenvalue weighted by atomic mass is 16.5. The maximum Gasteiger partial charge on any atom is 0.340 e. The molecule has 1 aliphatic carbocycles. The number of hydrogen-bond acceptors (Lipinski definition) is 6. The fourth-order valence-electron chi connectivity index (χ4n) is 2.56. The zero-order valence-corrected chi connectivity index (χ0v) is 14.5. The highest BCUT2D eigenvalue weighted by molar-refractivity contribution is 6.17. The molecule has 1 fully saturated rings. The predicted octanol–water partition coefficient (Wildman–Crippen LogP) is 2.52. The van der Waals surface area contributed by atoms with Crippen LogP contribution < -0.4 is 10.6 Å². The van der Waals surface area contributed by atoms with Crippen LogP contribution in [0.4, 0.5) is 11.5 Å². The van der Waals surface area contributed by atoms with Gasteiger partial charge in [-0.1, -0.05) is 17.3 Å². The third-order valence-electron chi connectivity index (χ3n) is 4.16. The summed E-state index contributed by atoms with van der Waals surface area (Å²) in [5.41, 5.74) is -0.618. The van der Waals surface area contributed by atoms with Gasteiger partial charge in [0.25, 0.3) is 0 Å². The number of hydrogen-bond donors (Lipinski definition) is 2. The number of benzene rings is 1. The number of carbonyl (C=O) groups excluding carboxylic acids is 3. The molecule has 0 unspecified atom stereocenters. The second kappa shape index (κ2) is 6.99. The highest BCUT2D eigenvalue weighted by Gasteiger charge is 2.56. The third-order valence-corrected chi connectivity index (χ3v) is 4.16. The summed E-state index contributed by atoms with van der Waals surface area (Å²) in [5.74, 6) is -0.629. The van der Waals surface area contributed by atoms with Gasteiger partial charge >= 0.3 is 5.97 Å². The van der Waals surface area contributed by atoms with Gasteiger partial charge in [0.15, 0.2) is 5.82 Å². The van der Waals surface area contributed by atoms with E-state index >= 15 is 0 Å². The van der Waals surface area contributed by atoms with Gasteiger partial charge in [0.05, 0.1) is 17.9 Å². The van der Waals surface area contributed by atoms with Crippen molar-refractivity contribution in [3.63, 3.8) is 0 Å². The zero-order valence-electron chi connectivity index (χ0n) is 14.5. The van der Waals surface area contributed by atoms with Crippen molar-refractivity contribution >= 4 is 29.3 Å². The molecular weight excluding hydrogens is 338 g/mol. The van der Waals surface area contributed by atoms with Crippen LogP contribution in [0.5, 0.6) is 0 Å². The molecule has 1 aliphatic rings. The molecule has 1 aromatic carbocycles. The second-order valence-electron chi connectivity index (χ2n) is 6.08. The van der Waals surface area contributed by atoms with Crippen LogP contribution in [0.2, 0.25) is 0 Å². The number of nitrogens with one attached hydrogen (secondary N) is 2. The van der Waals surface area contributed by atoms with Crippen molar-refractivity contribution in [2.45, 2.75) is 26.7 Å². The van der Waals surface area contributed by atoms with Crippen LogP contribution >= 0.6 is 0 Å². The summed E-state index contributed by atoms with van der Waals surface area (Å²) in [6.07, 6.45) is 0.839. The first-order valence-corrected chi connectivity index (χ1v) is 8.28. The molecule has 0 bridgehead atoms. The fourth-order valence-corrected chi connectivity index (χ4v) is 2.56. The molecule has 1 aromatic heterocycles. The van der Waals surface area contributed by atoms with Crippen molar-refractivity contribution in [1.29, 1.82) is 0 Å². The topological polar surface area (TPSA) is 111 Å². The lowest BCUT2D eigenvalue weighted by molar-refractivity contribution is -0.131. The number of esters is 1. The van der Waals surface area contributed by atoms with Crippen LogP contribution in [0, 0.1) is 12.3 Å². The maximum absolute atomic E-state index is 12.7. The first-order chi connectivity index (χ1) is 12.5. The Morgan fingerprint density at radius 3 is 2.50 bits per heavy atom. The second-order valence-corrected chi connectivity index (χ2v) is 6.08. The maximum atomic E-state index is 12.7. The Bertz CT molecular complexity index is 854. The minimum absolute atomic E-state index is 0.227. The summed E-state index contributed by atoms with van der Waals surface area (Å²) >= 11 is 0. The summed E-state index contributed by atoms with van der Waals surface area (Å²) < 4.78 is 9.89. The Labute approximate surface area is 149 Å². The van der Waals surface area contributed by atoms with E-state index in [9.17, 15) is 14.4 Å². The van der Waals surface area contributed by atoms with Gasteiger partial charge in [-0.3, -0.25) is 9.59 Å². The van der Waals surface area contributed by atoms with Gasteiger partial charge in [0.1, 0.15) is 11.2 Å². The number of amides is 2. The lowest BCUT2D eigenvalue weighted by Gasteiger charge is -2.16. The Morgan fingerprint density at radius 2 is 1.88 bits per heavy atom. The number of aryl methyl sites for hydroxylation is 1. The quantitative estimate of drug-likeness (QED) is 0.607. The van der Waals surface area contributed by atoms with Crippen molar-refractivity contribution in [2.75, 3.05) is 17.2 Å². The predicted molar refractivity (Wildman–Crippen MR) is 92.6 cm³/mol. The molecular formula is C18H19N3O5. The van der Waals surface area contributed by atoms with Crippen molar-refractivity contribution in [3.8, 4) is 0 Å². The van der Waals surface area contributed by atoms with E-state index in [2.05, 4.69) is 15.8 Å². The SMILES string of the molecule is CCOC(=O)c1ccccc1NC(=O)C1(C(=O)Nc2cc(C)on2)CC1. The monoisotopic (exact) mass is 357 g/mol. The van der Waals surface area contributed by atoms with E-state index in [0.717, 1.165) is 0 Å². The number of para-hydroxylation sites is 1. The Morgan fingerprint density at radius 1 is 1.19 bits per heavy atom. The number of ether oxygens (including phenoxy) is 1. The van der Waals surface area contributed by atoms with E-state index in [1.54, 1.807) is 44.2 Å². The van der Waals surface area contributed by atoms with Crippen molar-refractivity contribution in [3.05, 3.63) is 41.7 Å². The van der Waals surface area contributed by atoms with E-state index in [-0.39, 0.29) is 18.0 Å². The molecule has 2 amide bonds. The Hall–Kier alpha value is -3.16. The minimum atomic E-state index is -1.17. The van der Waals surface area contributed by atoms with Gasteiger partial charge in [-0.05, 0) is 38.8 Å². The summed E-state index contributed by atoms with van der Waals surface area (Å²) in [6.45, 7) is 3.63. The molecule has 0 atom stereocenters. The molecule has 1 heterocycles. The van der Waals surface area contributed by atoms with Gasteiger partial charge in [-0.15, -0.1) is 0 Å². The summed E-state index contributed by atoms with van der Waals surface area (Å²) in [5, 5.41) is 8.97. The molecule has 3 rings (SSSR count). The average molecular weight is 357 g/mol. The molecule has 26 heavy (non-hydrogen) atoms. The van der Waals surface area contributed by atoms with E-state index in [1.807, 2.05) is 0 Å². The van der Waals surface area contributed by atoms with E-state index < -0.39 is 23.2 Å². The molecule has 0 aliphatic heterocycles. The Kier molecular flexibility index (Phi) is 4.75. The van der Waals surface area contributed by atoms with Crippen LogP contribution in [0.1, 0.15) is 35.9 Å². The van der Waals surface area contributed by atoms with Gasteiger partial charge in [0, 0.05) is 6.07 Å². The smallest absolute Gasteiger partial charge is 0.340 e. The zero-order chi connectivity index (χ0) is 18.7. The molecule has 2 aromatic rings. The molecule has 8 heteroatoms. The first-order valence-electron chi connectivity index (χ1n) is 8.28. The molecule has 2 N–H and O–H groups in total. The van der Waals surface area contributed by atoms with Crippen LogP contribution in [0.3, 0.4) is 0 Å². The van der Waals surface area contributed by atoms with Crippen LogP contribution in [0.25, 0.3) is 0 Å². The number of aromatic nitrogens is 1. The van der Waals surface area contributed by atoms with Gasteiger partial charge in [-0.2, -0.15) is 0 Å². The van der Waals surface area contributed by atoms with Crippen LogP contribution in [0.15, 0.2) is 34.9 Å². The van der Waals surface area contributed by atoms with Crippen LogP contribution in [-0.4, -0.2) is 29.5 Å². The lowest BCUT2D eigenvalue weighted by atomic mass is 10.0. The summed E-state index contributed by atoms with van der Waals surface area (Å²) in [6, 6.07) is 8.09. The molecule has 0 saturated heterocycles. The lowest BCUT2D eigenvalue weighted by Crippen LogP contribution is -2.36. The first kappa shape index (κ1) is 17.7. The van der Waals surface area contributed by atoms with Crippen molar-refractivity contribution in [1.82, 2.24) is 5.16 Å². The summed E-state index contributed by atoms with van der Waals surface area (Å²) in [4.78, 5) is 37.2. The molecule has 8 nitrogen and oxygen atoms in total. The molecule has 136 valence electrons. The number of nitrogens with zero attached hydrogens (tertiary/aromatic N) is 1. The highest BCUT2D eigenvalue weighted by Crippen LogP contribution is 2.47. The minimum Gasteiger partial charge on any atom is -0.462 e. The third kappa shape index (κ3) is 3.44. The molecule has 0 radical (unpaired) electrons. The van der Waals surface area contributed by atoms with Crippen molar-refractivity contribution < 1.29 is 23.6 Å². The Balaban J connectivity index is 1.74. The van der Waals surface area contributed by atoms with E-state index in [1.165, 1.54) is 0 Å². The van der Waals surface area contributed by atoms with Crippen molar-refractivity contribution in [2.24, 2.45) is 5.41 Å². The largest absolute Gasteiger partial charge is 0.462 e. The number of rotatable bonds is 6. The molecule has 1 saturated carbocycles. The van der Waals surface area contributed by atoms with E-state index in [4.69, 9.17) is 9.26 Å². The normalized spacial score (nSPS) is 14.4. The van der Waals surface area contributed by atoms with E-state index in [0.29, 0.717) is 24.3 Å². The van der Waals surface area contributed by atoms with Gasteiger partial charge in [-0.25, -0.2) is 4.79 Å². The average Bonchev–Trinajstić information content (AvgIpc) is 3.34. The van der Waals surface area contributed by atoms with Gasteiger partial charge in [0.2, 0.25) is 11.8 Å². The van der Waals surface area contributed by atoms with Crippen LogP contribution in [-0.2, 0) is 14.3 Å². The standard InChI is InChI=1S/C18H19N3O5/c1-3-25-15(22)12-6-4-5-7-13(12)19-16(23)18(8-9-18)17(24)20-14-10-11(2)26-21-14/h4-7,10H,3,8-9H2,1-2H3,(H,19,23)(H,20,21,24). The molecule has 0 spiro atoms.